The standard InChI is InChI=1S/C25H26N4OS2/c1-3-28(4-2)24(30)22(20-14-9-6-10-15-20)32-25-27-26-23(21-16-11-17-31-21)29(25)18-19-12-7-5-8-13-19/h5-17,22H,3-4,18H2,1-2H3. The quantitative estimate of drug-likeness (QED) is 0.297. The third kappa shape index (κ3) is 4.95. The second-order valence-corrected chi connectivity index (χ2v) is 9.29. The van der Waals surface area contributed by atoms with Crippen LogP contribution in [0.25, 0.3) is 10.7 Å². The molecule has 2 aromatic carbocycles. The highest BCUT2D eigenvalue weighted by molar-refractivity contribution is 8.00. The highest BCUT2D eigenvalue weighted by Gasteiger charge is 2.28. The van der Waals surface area contributed by atoms with Crippen molar-refractivity contribution < 1.29 is 4.79 Å². The van der Waals surface area contributed by atoms with E-state index in [1.54, 1.807) is 11.3 Å². The molecule has 4 aromatic rings. The van der Waals surface area contributed by atoms with Crippen LogP contribution in [0.3, 0.4) is 0 Å². The lowest BCUT2D eigenvalue weighted by Crippen LogP contribution is -2.34. The van der Waals surface area contributed by atoms with E-state index in [1.807, 2.05) is 78.7 Å². The molecule has 2 aromatic heterocycles. The molecule has 2 heterocycles. The summed E-state index contributed by atoms with van der Waals surface area (Å²) in [5, 5.41) is 11.5. The van der Waals surface area contributed by atoms with Gasteiger partial charge in [-0.25, -0.2) is 0 Å². The molecule has 0 saturated heterocycles. The van der Waals surface area contributed by atoms with Crippen molar-refractivity contribution in [2.24, 2.45) is 0 Å². The van der Waals surface area contributed by atoms with Gasteiger partial charge in [-0.2, -0.15) is 0 Å². The van der Waals surface area contributed by atoms with Gasteiger partial charge in [0.15, 0.2) is 11.0 Å². The zero-order valence-corrected chi connectivity index (χ0v) is 19.9. The molecule has 1 unspecified atom stereocenters. The number of carbonyl (C=O) groups is 1. The summed E-state index contributed by atoms with van der Waals surface area (Å²) < 4.78 is 2.12. The smallest absolute Gasteiger partial charge is 0.240 e. The Bertz CT molecular complexity index is 1120. The van der Waals surface area contributed by atoms with E-state index >= 15 is 0 Å². The molecular formula is C25H26N4OS2. The number of nitrogens with zero attached hydrogens (tertiary/aromatic N) is 4. The molecule has 0 saturated carbocycles. The number of aromatic nitrogens is 3. The molecule has 1 atom stereocenters. The fourth-order valence-corrected chi connectivity index (χ4v) is 5.41. The first kappa shape index (κ1) is 22.3. The summed E-state index contributed by atoms with van der Waals surface area (Å²) >= 11 is 3.12. The molecule has 0 aliphatic carbocycles. The van der Waals surface area contributed by atoms with Crippen LogP contribution in [-0.2, 0) is 11.3 Å². The van der Waals surface area contributed by atoms with E-state index < -0.39 is 0 Å². The molecule has 0 aliphatic rings. The van der Waals surface area contributed by atoms with Gasteiger partial charge in [0.2, 0.25) is 5.91 Å². The third-order valence-electron chi connectivity index (χ3n) is 5.27. The normalized spacial score (nSPS) is 11.9. The van der Waals surface area contributed by atoms with E-state index in [9.17, 15) is 4.79 Å². The monoisotopic (exact) mass is 462 g/mol. The number of benzene rings is 2. The summed E-state index contributed by atoms with van der Waals surface area (Å²) in [6.07, 6.45) is 0. The molecule has 4 rings (SSSR count). The van der Waals surface area contributed by atoms with Crippen LogP contribution in [0.15, 0.2) is 83.3 Å². The Kier molecular flexibility index (Phi) is 7.39. The molecule has 0 spiro atoms. The highest BCUT2D eigenvalue weighted by atomic mass is 32.2. The number of thiophene rings is 1. The van der Waals surface area contributed by atoms with E-state index in [0.717, 1.165) is 21.4 Å². The Morgan fingerprint density at radius 2 is 1.66 bits per heavy atom. The van der Waals surface area contributed by atoms with Gasteiger partial charge in [0.25, 0.3) is 0 Å². The third-order valence-corrected chi connectivity index (χ3v) is 7.36. The van der Waals surface area contributed by atoms with Crippen molar-refractivity contribution in [1.82, 2.24) is 19.7 Å². The van der Waals surface area contributed by atoms with E-state index in [1.165, 1.54) is 17.3 Å². The maximum absolute atomic E-state index is 13.5. The molecule has 164 valence electrons. The first-order valence-electron chi connectivity index (χ1n) is 10.7. The van der Waals surface area contributed by atoms with Gasteiger partial charge in [-0.15, -0.1) is 21.5 Å². The Morgan fingerprint density at radius 3 is 2.28 bits per heavy atom. The largest absolute Gasteiger partial charge is 0.342 e. The van der Waals surface area contributed by atoms with Crippen LogP contribution < -0.4 is 0 Å². The van der Waals surface area contributed by atoms with Crippen molar-refractivity contribution in [3.63, 3.8) is 0 Å². The summed E-state index contributed by atoms with van der Waals surface area (Å²) in [6, 6.07) is 24.3. The maximum Gasteiger partial charge on any atom is 0.240 e. The van der Waals surface area contributed by atoms with Crippen molar-refractivity contribution in [3.05, 3.63) is 89.3 Å². The van der Waals surface area contributed by atoms with Crippen molar-refractivity contribution >= 4 is 29.0 Å². The van der Waals surface area contributed by atoms with Crippen LogP contribution in [0, 0.1) is 0 Å². The van der Waals surface area contributed by atoms with Gasteiger partial charge in [0.05, 0.1) is 11.4 Å². The summed E-state index contributed by atoms with van der Waals surface area (Å²) in [7, 11) is 0. The minimum atomic E-state index is -0.383. The molecule has 0 bridgehead atoms. The van der Waals surface area contributed by atoms with Crippen LogP contribution in [-0.4, -0.2) is 38.7 Å². The summed E-state index contributed by atoms with van der Waals surface area (Å²) in [4.78, 5) is 16.4. The van der Waals surface area contributed by atoms with Gasteiger partial charge in [-0.05, 0) is 36.4 Å². The fourth-order valence-electron chi connectivity index (χ4n) is 3.57. The zero-order valence-electron chi connectivity index (χ0n) is 18.2. The number of hydrogen-bond donors (Lipinski definition) is 0. The molecular weight excluding hydrogens is 436 g/mol. The molecule has 32 heavy (non-hydrogen) atoms. The Balaban J connectivity index is 1.74. The number of likely N-dealkylation sites (N-methyl/N-ethyl adjacent to an activating group) is 1. The van der Waals surface area contributed by atoms with Crippen LogP contribution in [0.2, 0.25) is 0 Å². The van der Waals surface area contributed by atoms with E-state index in [-0.39, 0.29) is 11.2 Å². The van der Waals surface area contributed by atoms with Crippen LogP contribution >= 0.6 is 23.1 Å². The predicted molar refractivity (Wildman–Crippen MR) is 132 cm³/mol. The minimum Gasteiger partial charge on any atom is -0.342 e. The molecule has 0 N–H and O–H groups in total. The molecule has 7 heteroatoms. The minimum absolute atomic E-state index is 0.0955. The lowest BCUT2D eigenvalue weighted by Gasteiger charge is -2.25. The second-order valence-electron chi connectivity index (χ2n) is 7.27. The van der Waals surface area contributed by atoms with Crippen LogP contribution in [0.4, 0.5) is 0 Å². The number of hydrogen-bond acceptors (Lipinski definition) is 5. The van der Waals surface area contributed by atoms with Gasteiger partial charge < -0.3 is 4.90 Å². The first-order chi connectivity index (χ1) is 15.7. The summed E-state index contributed by atoms with van der Waals surface area (Å²) in [5.74, 6) is 0.923. The van der Waals surface area contributed by atoms with Gasteiger partial charge in [0, 0.05) is 13.1 Å². The van der Waals surface area contributed by atoms with Crippen molar-refractivity contribution in [2.45, 2.75) is 30.8 Å². The molecule has 0 aliphatic heterocycles. The maximum atomic E-state index is 13.5. The fraction of sp³-hybridized carbons (Fsp3) is 0.240. The Labute approximate surface area is 197 Å². The highest BCUT2D eigenvalue weighted by Crippen LogP contribution is 2.38. The summed E-state index contributed by atoms with van der Waals surface area (Å²) in [5.41, 5.74) is 2.14. The van der Waals surface area contributed by atoms with Crippen molar-refractivity contribution in [1.29, 1.82) is 0 Å². The summed E-state index contributed by atoms with van der Waals surface area (Å²) in [6.45, 7) is 6.03. The Morgan fingerprint density at radius 1 is 0.969 bits per heavy atom. The number of carbonyl (C=O) groups excluding carboxylic acids is 1. The van der Waals surface area contributed by atoms with E-state index in [2.05, 4.69) is 33.0 Å². The number of rotatable bonds is 9. The van der Waals surface area contributed by atoms with E-state index in [0.29, 0.717) is 19.6 Å². The van der Waals surface area contributed by atoms with Crippen LogP contribution in [0.5, 0.6) is 0 Å². The molecule has 0 fully saturated rings. The van der Waals surface area contributed by atoms with Gasteiger partial charge in [-0.3, -0.25) is 9.36 Å². The van der Waals surface area contributed by atoms with Crippen LogP contribution in [0.1, 0.15) is 30.2 Å². The lowest BCUT2D eigenvalue weighted by atomic mass is 10.1. The van der Waals surface area contributed by atoms with Gasteiger partial charge >= 0.3 is 0 Å². The zero-order chi connectivity index (χ0) is 22.3. The molecule has 5 nitrogen and oxygen atoms in total. The van der Waals surface area contributed by atoms with Gasteiger partial charge in [-0.1, -0.05) is 78.5 Å². The SMILES string of the molecule is CCN(CC)C(=O)C(Sc1nnc(-c2cccs2)n1Cc1ccccc1)c1ccccc1. The van der Waals surface area contributed by atoms with Crippen molar-refractivity contribution in [2.75, 3.05) is 13.1 Å². The predicted octanol–water partition coefficient (Wildman–Crippen LogP) is 5.76. The first-order valence-corrected chi connectivity index (χ1v) is 12.5. The second kappa shape index (κ2) is 10.6. The number of amides is 1. The molecule has 0 radical (unpaired) electrons. The average molecular weight is 463 g/mol. The topological polar surface area (TPSA) is 51.0 Å². The lowest BCUT2D eigenvalue weighted by molar-refractivity contribution is -0.130. The molecule has 1 amide bonds. The van der Waals surface area contributed by atoms with E-state index in [4.69, 9.17) is 0 Å². The average Bonchev–Trinajstić information content (AvgIpc) is 3.50. The van der Waals surface area contributed by atoms with Crippen molar-refractivity contribution in [3.8, 4) is 10.7 Å². The Hall–Kier alpha value is -2.90. The van der Waals surface area contributed by atoms with Gasteiger partial charge in [0.1, 0.15) is 5.25 Å². The number of thioether (sulfide) groups is 1.